The van der Waals surface area contributed by atoms with Crippen LogP contribution in [-0.4, -0.2) is 65.8 Å². The van der Waals surface area contributed by atoms with Crippen LogP contribution in [-0.2, 0) is 25.6 Å². The predicted molar refractivity (Wildman–Crippen MR) is 198 cm³/mol. The molecule has 12 heteroatoms. The van der Waals surface area contributed by atoms with E-state index >= 15 is 0 Å². The highest BCUT2D eigenvalue weighted by atomic mass is 16.4. The van der Waals surface area contributed by atoms with Crippen LogP contribution in [0.25, 0.3) is 0 Å². The maximum absolute atomic E-state index is 13.7. The second-order valence-corrected chi connectivity index (χ2v) is 13.0. The summed E-state index contributed by atoms with van der Waals surface area (Å²) in [7, 11) is 0. The number of carboxylic acids is 1. The Morgan fingerprint density at radius 2 is 1.45 bits per heavy atom. The van der Waals surface area contributed by atoms with E-state index in [1.807, 2.05) is 74.5 Å². The summed E-state index contributed by atoms with van der Waals surface area (Å²) in [5.74, 6) is -2.06. The van der Waals surface area contributed by atoms with Crippen LogP contribution < -0.4 is 33.2 Å². The molecule has 0 saturated heterocycles. The van der Waals surface area contributed by atoms with E-state index in [1.165, 1.54) is 0 Å². The van der Waals surface area contributed by atoms with E-state index in [0.717, 1.165) is 16.7 Å². The molecule has 10 N–H and O–H groups in total. The van der Waals surface area contributed by atoms with E-state index in [4.69, 9.17) is 22.3 Å². The van der Waals surface area contributed by atoms with Crippen molar-refractivity contribution in [3.63, 3.8) is 0 Å². The van der Waals surface area contributed by atoms with Gasteiger partial charge in [0.2, 0.25) is 11.8 Å². The Morgan fingerprint density at radius 3 is 2.02 bits per heavy atom. The number of aliphatic carboxylic acids is 1. The third kappa shape index (κ3) is 11.8. The average Bonchev–Trinajstić information content (AvgIpc) is 3.11. The summed E-state index contributed by atoms with van der Waals surface area (Å²) in [6.07, 6.45) is 4.40. The van der Waals surface area contributed by atoms with Gasteiger partial charge in [0.05, 0.1) is 23.8 Å². The van der Waals surface area contributed by atoms with Gasteiger partial charge in [-0.2, -0.15) is 0 Å². The van der Waals surface area contributed by atoms with E-state index in [0.29, 0.717) is 36.2 Å². The lowest BCUT2D eigenvalue weighted by Gasteiger charge is -2.25. The van der Waals surface area contributed by atoms with Crippen molar-refractivity contribution in [2.24, 2.45) is 28.1 Å². The molecule has 0 radical (unpaired) electrons. The molecule has 3 unspecified atom stereocenters. The molecule has 3 atom stereocenters. The smallest absolute Gasteiger partial charge is 0.322 e. The largest absolute Gasteiger partial charge is 0.480 e. The Balaban J connectivity index is 1.53. The Labute approximate surface area is 298 Å². The first-order chi connectivity index (χ1) is 24.4. The Morgan fingerprint density at radius 1 is 0.843 bits per heavy atom. The highest BCUT2D eigenvalue weighted by molar-refractivity contribution is 6.04. The van der Waals surface area contributed by atoms with Gasteiger partial charge in [-0.05, 0) is 71.7 Å². The zero-order valence-corrected chi connectivity index (χ0v) is 28.9. The van der Waals surface area contributed by atoms with Crippen molar-refractivity contribution in [3.8, 4) is 0 Å². The van der Waals surface area contributed by atoms with Gasteiger partial charge in [0.25, 0.3) is 5.91 Å². The molecule has 0 heterocycles. The third-order valence-electron chi connectivity index (χ3n) is 8.39. The zero-order chi connectivity index (χ0) is 36.9. The van der Waals surface area contributed by atoms with Gasteiger partial charge in [-0.15, -0.1) is 0 Å². The molecule has 1 aliphatic rings. The van der Waals surface area contributed by atoms with E-state index in [1.54, 1.807) is 36.4 Å². The van der Waals surface area contributed by atoms with Crippen LogP contribution in [0.4, 0.5) is 5.69 Å². The minimum atomic E-state index is -1.16. The molecular formula is C39H47N7O5. The summed E-state index contributed by atoms with van der Waals surface area (Å²) in [4.78, 5) is 54.2. The number of carbonyl (C=O) groups is 4. The third-order valence-corrected chi connectivity index (χ3v) is 8.39. The maximum Gasteiger partial charge on any atom is 0.322 e. The number of hydrogen-bond acceptors (Lipinski definition) is 7. The van der Waals surface area contributed by atoms with Crippen molar-refractivity contribution in [1.82, 2.24) is 16.0 Å². The topological polar surface area (TPSA) is 215 Å². The fourth-order valence-electron chi connectivity index (χ4n) is 5.78. The molecule has 268 valence electrons. The second kappa shape index (κ2) is 18.4. The van der Waals surface area contributed by atoms with Gasteiger partial charge in [-0.3, -0.25) is 19.2 Å². The first-order valence-electron chi connectivity index (χ1n) is 16.9. The van der Waals surface area contributed by atoms with Gasteiger partial charge in [-0.25, -0.2) is 4.99 Å². The molecule has 3 aromatic carbocycles. The molecule has 12 nitrogen and oxygen atoms in total. The number of carboxylic acid groups (broad SMARTS) is 1. The molecule has 0 saturated carbocycles. The van der Waals surface area contributed by atoms with E-state index < -0.39 is 36.5 Å². The van der Waals surface area contributed by atoms with Crippen LogP contribution in [0, 0.1) is 5.92 Å². The Kier molecular flexibility index (Phi) is 13.8. The van der Waals surface area contributed by atoms with Crippen molar-refractivity contribution in [2.45, 2.75) is 57.2 Å². The lowest BCUT2D eigenvalue weighted by Crippen LogP contribution is -2.46. The Hall–Kier alpha value is -5.59. The standard InChI is InChI=1S/C39H47N7O5/c1-24(2)17-33(40)39(51)46-31-20-28(36(42)45-30-15-13-25(14-16-30)18-34(41)38(50)44-23-35(47)48)19-29(21-31)37(49)43-22-32(26-9-5-3-6-10-26)27-11-7-4-8-12-27/h3-16,19,21,24,31-34H,17-18,20,22-23,40-41H2,1-2H3,(H2,42,45)(H,43,49)(H,44,50)(H,46,51)(H,47,48). The number of benzene rings is 3. The number of hydrogen-bond donors (Lipinski definition) is 7. The first-order valence-corrected chi connectivity index (χ1v) is 16.9. The lowest BCUT2D eigenvalue weighted by molar-refractivity contribution is -0.138. The molecule has 3 aromatic rings. The van der Waals surface area contributed by atoms with Crippen molar-refractivity contribution >= 4 is 35.2 Å². The minimum Gasteiger partial charge on any atom is -0.480 e. The zero-order valence-electron chi connectivity index (χ0n) is 28.9. The van der Waals surface area contributed by atoms with Crippen LogP contribution >= 0.6 is 0 Å². The predicted octanol–water partition coefficient (Wildman–Crippen LogP) is 2.81. The molecule has 0 bridgehead atoms. The summed E-state index contributed by atoms with van der Waals surface area (Å²) in [6, 6.07) is 24.7. The van der Waals surface area contributed by atoms with Crippen molar-refractivity contribution < 1.29 is 24.3 Å². The highest BCUT2D eigenvalue weighted by Gasteiger charge is 2.26. The van der Waals surface area contributed by atoms with Crippen LogP contribution in [0.15, 0.2) is 113 Å². The number of amides is 3. The summed E-state index contributed by atoms with van der Waals surface area (Å²) in [5.41, 5.74) is 22.9. The number of aliphatic imine (C=N–C) groups is 1. The van der Waals surface area contributed by atoms with Gasteiger partial charge in [0, 0.05) is 18.0 Å². The summed E-state index contributed by atoms with van der Waals surface area (Å²) >= 11 is 0. The SMILES string of the molecule is CC(C)CC(N)C(=O)NC1C=C(C(=O)NCC(c2ccccc2)c2ccccc2)C=C(C(N)=Nc2ccc(CC(N)C(=O)NCC(=O)O)cc2)C1. The number of rotatable bonds is 16. The van der Waals surface area contributed by atoms with Gasteiger partial charge < -0.3 is 38.3 Å². The van der Waals surface area contributed by atoms with Crippen LogP contribution in [0.2, 0.25) is 0 Å². The second-order valence-electron chi connectivity index (χ2n) is 13.0. The number of carbonyl (C=O) groups excluding carboxylic acids is 3. The van der Waals surface area contributed by atoms with Crippen molar-refractivity contribution in [1.29, 1.82) is 0 Å². The average molecular weight is 694 g/mol. The van der Waals surface area contributed by atoms with Crippen LogP contribution in [0.1, 0.15) is 49.3 Å². The highest BCUT2D eigenvalue weighted by Crippen LogP contribution is 2.25. The first kappa shape index (κ1) is 38.2. The van der Waals surface area contributed by atoms with E-state index in [-0.39, 0.29) is 35.9 Å². The number of nitrogens with two attached hydrogens (primary N) is 3. The van der Waals surface area contributed by atoms with E-state index in [9.17, 15) is 19.2 Å². The summed E-state index contributed by atoms with van der Waals surface area (Å²) in [6.45, 7) is 3.81. The Bertz CT molecular complexity index is 1720. The summed E-state index contributed by atoms with van der Waals surface area (Å²) in [5, 5.41) is 17.1. The van der Waals surface area contributed by atoms with Crippen molar-refractivity contribution in [3.05, 3.63) is 125 Å². The molecule has 0 aromatic heterocycles. The molecule has 1 aliphatic carbocycles. The molecule has 0 aliphatic heterocycles. The molecule has 4 rings (SSSR count). The van der Waals surface area contributed by atoms with Crippen molar-refractivity contribution in [2.75, 3.05) is 13.1 Å². The molecule has 0 fully saturated rings. The fraction of sp³-hybridized carbons (Fsp3) is 0.308. The lowest BCUT2D eigenvalue weighted by atomic mass is 9.90. The monoisotopic (exact) mass is 693 g/mol. The number of nitrogens with one attached hydrogen (secondary N) is 3. The van der Waals surface area contributed by atoms with Gasteiger partial charge in [-0.1, -0.05) is 86.6 Å². The van der Waals surface area contributed by atoms with Gasteiger partial charge in [0.15, 0.2) is 0 Å². The number of nitrogens with zero attached hydrogens (tertiary/aromatic N) is 1. The molecular weight excluding hydrogens is 646 g/mol. The minimum absolute atomic E-state index is 0.0863. The maximum atomic E-state index is 13.7. The molecule has 51 heavy (non-hydrogen) atoms. The van der Waals surface area contributed by atoms with Crippen LogP contribution in [0.3, 0.4) is 0 Å². The van der Waals surface area contributed by atoms with Gasteiger partial charge >= 0.3 is 5.97 Å². The number of amidine groups is 1. The van der Waals surface area contributed by atoms with Gasteiger partial charge in [0.1, 0.15) is 12.4 Å². The molecule has 0 spiro atoms. The van der Waals surface area contributed by atoms with Crippen LogP contribution in [0.5, 0.6) is 0 Å². The normalized spacial score (nSPS) is 15.7. The molecule has 3 amide bonds. The quantitative estimate of drug-likeness (QED) is 0.0873. The summed E-state index contributed by atoms with van der Waals surface area (Å²) < 4.78 is 0. The fourth-order valence-corrected chi connectivity index (χ4v) is 5.78. The van der Waals surface area contributed by atoms with E-state index in [2.05, 4.69) is 20.9 Å².